The lowest BCUT2D eigenvalue weighted by Crippen LogP contribution is -2.08. The van der Waals surface area contributed by atoms with Crippen LogP contribution in [0.1, 0.15) is 24.1 Å². The fraction of sp³-hybridized carbons (Fsp3) is 0.214. The number of halogens is 3. The molecule has 0 spiro atoms. The summed E-state index contributed by atoms with van der Waals surface area (Å²) in [6.45, 7) is 4.01. The number of anilines is 1. The summed E-state index contributed by atoms with van der Waals surface area (Å²) < 4.78 is 14.7. The van der Waals surface area contributed by atoms with Gasteiger partial charge in [-0.05, 0) is 59.1 Å². The van der Waals surface area contributed by atoms with Crippen molar-refractivity contribution in [3.8, 4) is 0 Å². The van der Waals surface area contributed by atoms with Gasteiger partial charge in [-0.2, -0.15) is 0 Å². The van der Waals surface area contributed by atoms with Crippen LogP contribution in [0.15, 0.2) is 39.5 Å². The van der Waals surface area contributed by atoms with Crippen LogP contribution in [0.2, 0.25) is 0 Å². The first-order valence-electron chi connectivity index (χ1n) is 5.81. The maximum Gasteiger partial charge on any atom is 0.124 e. The van der Waals surface area contributed by atoms with Crippen molar-refractivity contribution in [1.29, 1.82) is 0 Å². The summed E-state index contributed by atoms with van der Waals surface area (Å²) in [7, 11) is 0. The quantitative estimate of drug-likeness (QED) is 0.729. The van der Waals surface area contributed by atoms with Crippen LogP contribution >= 0.6 is 31.9 Å². The van der Waals surface area contributed by atoms with E-state index >= 15 is 0 Å². The molecule has 0 saturated heterocycles. The third-order valence-corrected chi connectivity index (χ3v) is 4.34. The van der Waals surface area contributed by atoms with Gasteiger partial charge in [0, 0.05) is 10.5 Å². The molecule has 2 aromatic rings. The van der Waals surface area contributed by atoms with E-state index in [1.807, 2.05) is 19.9 Å². The van der Waals surface area contributed by atoms with Crippen molar-refractivity contribution in [2.24, 2.45) is 0 Å². The molecule has 0 amide bonds. The highest BCUT2D eigenvalue weighted by Crippen LogP contribution is 2.27. The van der Waals surface area contributed by atoms with Crippen molar-refractivity contribution in [1.82, 2.24) is 4.98 Å². The number of aromatic nitrogens is 1. The molecule has 2 rings (SSSR count). The van der Waals surface area contributed by atoms with E-state index < -0.39 is 0 Å². The molecule has 0 fully saturated rings. The lowest BCUT2D eigenvalue weighted by Gasteiger charge is -2.17. The van der Waals surface area contributed by atoms with Gasteiger partial charge in [0.1, 0.15) is 10.4 Å². The second-order valence-electron chi connectivity index (χ2n) is 4.36. The molecule has 1 atom stereocenters. The number of nitrogens with zero attached hydrogens (tertiary/aromatic N) is 1. The molecule has 0 aliphatic carbocycles. The van der Waals surface area contributed by atoms with Crippen LogP contribution in [0.25, 0.3) is 0 Å². The summed E-state index contributed by atoms with van der Waals surface area (Å²) >= 11 is 6.76. The minimum Gasteiger partial charge on any atom is -0.377 e. The minimum absolute atomic E-state index is 0.0531. The van der Waals surface area contributed by atoms with Crippen molar-refractivity contribution in [3.63, 3.8) is 0 Å². The largest absolute Gasteiger partial charge is 0.377 e. The molecule has 1 aromatic heterocycles. The minimum atomic E-state index is -0.246. The second-order valence-corrected chi connectivity index (χ2v) is 5.97. The maximum atomic E-state index is 13.1. The summed E-state index contributed by atoms with van der Waals surface area (Å²) in [5, 5.41) is 3.35. The Hall–Kier alpha value is -0.940. The summed E-state index contributed by atoms with van der Waals surface area (Å²) in [5.41, 5.74) is 3.00. The van der Waals surface area contributed by atoms with Gasteiger partial charge in [0.15, 0.2) is 0 Å². The molecular formula is C14H13Br2FN2. The van der Waals surface area contributed by atoms with Crippen LogP contribution in [0.5, 0.6) is 0 Å². The molecular weight excluding hydrogens is 375 g/mol. The molecule has 1 N–H and O–H groups in total. The van der Waals surface area contributed by atoms with Crippen molar-refractivity contribution in [3.05, 3.63) is 56.5 Å². The maximum absolute atomic E-state index is 13.1. The molecule has 0 bridgehead atoms. The van der Waals surface area contributed by atoms with Gasteiger partial charge in [0.05, 0.1) is 11.9 Å². The van der Waals surface area contributed by atoms with E-state index in [1.54, 1.807) is 12.3 Å². The zero-order chi connectivity index (χ0) is 14.0. The Kier molecular flexibility index (Phi) is 4.58. The molecule has 5 heteroatoms. The van der Waals surface area contributed by atoms with E-state index in [1.165, 1.54) is 12.1 Å². The van der Waals surface area contributed by atoms with E-state index in [0.717, 1.165) is 25.9 Å². The van der Waals surface area contributed by atoms with Crippen LogP contribution in [0, 0.1) is 12.7 Å². The zero-order valence-corrected chi connectivity index (χ0v) is 13.7. The predicted molar refractivity (Wildman–Crippen MR) is 82.8 cm³/mol. The molecule has 100 valence electrons. The normalized spacial score (nSPS) is 12.3. The highest BCUT2D eigenvalue weighted by molar-refractivity contribution is 9.10. The van der Waals surface area contributed by atoms with Crippen LogP contribution in [-0.4, -0.2) is 4.98 Å². The Morgan fingerprint density at radius 1 is 1.26 bits per heavy atom. The zero-order valence-electron chi connectivity index (χ0n) is 10.5. The Balaban J connectivity index is 2.20. The first kappa shape index (κ1) is 14.5. The van der Waals surface area contributed by atoms with Gasteiger partial charge in [-0.3, -0.25) is 0 Å². The van der Waals surface area contributed by atoms with E-state index in [4.69, 9.17) is 0 Å². The molecule has 0 aliphatic heterocycles. The third kappa shape index (κ3) is 3.54. The molecule has 0 radical (unpaired) electrons. The molecule has 0 aliphatic rings. The molecule has 0 saturated carbocycles. The number of nitrogens with one attached hydrogen (secondary N) is 1. The number of benzene rings is 1. The standard InChI is InChI=1S/C14H13Br2FN2/c1-8-5-11(7-18-14(8)16)19-9(2)12-4-3-10(17)6-13(12)15/h3-7,9,19H,1-2H3. The molecule has 1 heterocycles. The SMILES string of the molecule is Cc1cc(NC(C)c2ccc(F)cc2Br)cnc1Br. The summed E-state index contributed by atoms with van der Waals surface area (Å²) in [6.07, 6.45) is 1.77. The van der Waals surface area contributed by atoms with Crippen LogP contribution < -0.4 is 5.32 Å². The summed E-state index contributed by atoms with van der Waals surface area (Å²) in [4.78, 5) is 4.24. The summed E-state index contributed by atoms with van der Waals surface area (Å²) in [6, 6.07) is 6.78. The van der Waals surface area contributed by atoms with Crippen LogP contribution in [-0.2, 0) is 0 Å². The predicted octanol–water partition coefficient (Wildman–Crippen LogP) is 5.23. The summed E-state index contributed by atoms with van der Waals surface area (Å²) in [5.74, 6) is -0.246. The van der Waals surface area contributed by atoms with Gasteiger partial charge in [-0.25, -0.2) is 9.37 Å². The monoisotopic (exact) mass is 386 g/mol. The number of rotatable bonds is 3. The number of hydrogen-bond acceptors (Lipinski definition) is 2. The average molecular weight is 388 g/mol. The Bertz CT molecular complexity index is 602. The third-order valence-electron chi connectivity index (χ3n) is 2.83. The van der Waals surface area contributed by atoms with Gasteiger partial charge in [0.2, 0.25) is 0 Å². The van der Waals surface area contributed by atoms with Crippen molar-refractivity contribution < 1.29 is 4.39 Å². The van der Waals surface area contributed by atoms with E-state index in [2.05, 4.69) is 42.2 Å². The molecule has 1 unspecified atom stereocenters. The Morgan fingerprint density at radius 2 is 2.00 bits per heavy atom. The van der Waals surface area contributed by atoms with E-state index in [0.29, 0.717) is 0 Å². The smallest absolute Gasteiger partial charge is 0.124 e. The molecule has 2 nitrogen and oxygen atoms in total. The Morgan fingerprint density at radius 3 is 2.63 bits per heavy atom. The van der Waals surface area contributed by atoms with Gasteiger partial charge in [0.25, 0.3) is 0 Å². The highest BCUT2D eigenvalue weighted by Gasteiger charge is 2.10. The van der Waals surface area contributed by atoms with Crippen molar-refractivity contribution in [2.45, 2.75) is 19.9 Å². The van der Waals surface area contributed by atoms with Crippen molar-refractivity contribution in [2.75, 3.05) is 5.32 Å². The fourth-order valence-electron chi connectivity index (χ4n) is 1.82. The first-order valence-corrected chi connectivity index (χ1v) is 7.39. The first-order chi connectivity index (χ1) is 8.97. The molecule has 1 aromatic carbocycles. The van der Waals surface area contributed by atoms with Gasteiger partial charge >= 0.3 is 0 Å². The average Bonchev–Trinajstić information content (AvgIpc) is 2.33. The number of pyridine rings is 1. The van der Waals surface area contributed by atoms with Gasteiger partial charge < -0.3 is 5.32 Å². The van der Waals surface area contributed by atoms with Crippen molar-refractivity contribution >= 4 is 37.5 Å². The number of hydrogen-bond donors (Lipinski definition) is 1. The number of aryl methyl sites for hydroxylation is 1. The fourth-order valence-corrected chi connectivity index (χ4v) is 2.73. The second kappa shape index (κ2) is 6.01. The lowest BCUT2D eigenvalue weighted by molar-refractivity contribution is 0.625. The highest BCUT2D eigenvalue weighted by atomic mass is 79.9. The van der Waals surface area contributed by atoms with Gasteiger partial charge in [-0.15, -0.1) is 0 Å². The van der Waals surface area contributed by atoms with Crippen LogP contribution in [0.4, 0.5) is 10.1 Å². The van der Waals surface area contributed by atoms with E-state index in [-0.39, 0.29) is 11.9 Å². The topological polar surface area (TPSA) is 24.9 Å². The lowest BCUT2D eigenvalue weighted by atomic mass is 10.1. The van der Waals surface area contributed by atoms with E-state index in [9.17, 15) is 4.39 Å². The van der Waals surface area contributed by atoms with Gasteiger partial charge in [-0.1, -0.05) is 22.0 Å². The Labute approximate surface area is 128 Å². The molecule has 19 heavy (non-hydrogen) atoms. The van der Waals surface area contributed by atoms with Crippen LogP contribution in [0.3, 0.4) is 0 Å².